The Morgan fingerprint density at radius 1 is 1.06 bits per heavy atom. The SMILES string of the molecule is CC(C)c1ccc(OCn2ccc(C(=O)Nc3ncn(Cc4ccccc4Cl)n3)n2)cc1. The third-order valence-corrected chi connectivity index (χ3v) is 5.20. The van der Waals surface area contributed by atoms with Gasteiger partial charge < -0.3 is 4.74 Å². The Kier molecular flexibility index (Phi) is 6.51. The van der Waals surface area contributed by atoms with Gasteiger partial charge in [0.15, 0.2) is 12.4 Å². The molecule has 2 aromatic carbocycles. The Bertz CT molecular complexity index is 1200. The Morgan fingerprint density at radius 3 is 2.59 bits per heavy atom. The number of hydrogen-bond acceptors (Lipinski definition) is 5. The molecule has 0 bridgehead atoms. The zero-order valence-electron chi connectivity index (χ0n) is 17.8. The summed E-state index contributed by atoms with van der Waals surface area (Å²) in [6.07, 6.45) is 3.22. The molecule has 4 aromatic rings. The number of aromatic nitrogens is 5. The van der Waals surface area contributed by atoms with E-state index in [0.717, 1.165) is 11.3 Å². The number of amides is 1. The average molecular weight is 451 g/mol. The van der Waals surface area contributed by atoms with Gasteiger partial charge in [0.1, 0.15) is 12.1 Å². The second kappa shape index (κ2) is 9.65. The van der Waals surface area contributed by atoms with Crippen LogP contribution in [0.2, 0.25) is 5.02 Å². The largest absolute Gasteiger partial charge is 0.471 e. The molecule has 8 nitrogen and oxygen atoms in total. The van der Waals surface area contributed by atoms with Crippen LogP contribution >= 0.6 is 11.6 Å². The van der Waals surface area contributed by atoms with Crippen molar-refractivity contribution >= 4 is 23.5 Å². The lowest BCUT2D eigenvalue weighted by Gasteiger charge is -2.09. The molecule has 164 valence electrons. The number of nitrogens with zero attached hydrogens (tertiary/aromatic N) is 5. The summed E-state index contributed by atoms with van der Waals surface area (Å²) in [7, 11) is 0. The molecule has 0 atom stereocenters. The molecule has 9 heteroatoms. The highest BCUT2D eigenvalue weighted by atomic mass is 35.5. The van der Waals surface area contributed by atoms with Crippen LogP contribution in [0, 0.1) is 0 Å². The van der Waals surface area contributed by atoms with Crippen molar-refractivity contribution in [1.82, 2.24) is 24.5 Å². The molecule has 0 aliphatic carbocycles. The van der Waals surface area contributed by atoms with E-state index >= 15 is 0 Å². The van der Waals surface area contributed by atoms with Crippen molar-refractivity contribution in [2.75, 3.05) is 5.32 Å². The maximum atomic E-state index is 12.5. The van der Waals surface area contributed by atoms with E-state index in [4.69, 9.17) is 16.3 Å². The summed E-state index contributed by atoms with van der Waals surface area (Å²) in [5.41, 5.74) is 2.40. The molecule has 0 radical (unpaired) electrons. The lowest BCUT2D eigenvalue weighted by molar-refractivity contribution is 0.101. The maximum absolute atomic E-state index is 12.5. The molecule has 4 rings (SSSR count). The molecule has 2 aromatic heterocycles. The zero-order chi connectivity index (χ0) is 22.5. The van der Waals surface area contributed by atoms with Crippen molar-refractivity contribution in [3.05, 3.63) is 89.0 Å². The van der Waals surface area contributed by atoms with Gasteiger partial charge in [-0.1, -0.05) is 55.8 Å². The quantitative estimate of drug-likeness (QED) is 0.424. The summed E-state index contributed by atoms with van der Waals surface area (Å²) in [6, 6.07) is 17.1. The van der Waals surface area contributed by atoms with E-state index in [-0.39, 0.29) is 18.4 Å². The highest BCUT2D eigenvalue weighted by Crippen LogP contribution is 2.19. The van der Waals surface area contributed by atoms with Crippen molar-refractivity contribution in [3.8, 4) is 5.75 Å². The lowest BCUT2D eigenvalue weighted by atomic mass is 10.0. The molecule has 32 heavy (non-hydrogen) atoms. The fourth-order valence-electron chi connectivity index (χ4n) is 3.04. The number of halogens is 1. The van der Waals surface area contributed by atoms with Crippen molar-refractivity contribution in [1.29, 1.82) is 0 Å². The van der Waals surface area contributed by atoms with Gasteiger partial charge in [0.2, 0.25) is 5.95 Å². The van der Waals surface area contributed by atoms with E-state index in [1.807, 2.05) is 48.5 Å². The minimum atomic E-state index is -0.402. The van der Waals surface area contributed by atoms with E-state index in [1.54, 1.807) is 21.6 Å². The van der Waals surface area contributed by atoms with Crippen LogP contribution in [0.5, 0.6) is 5.75 Å². The van der Waals surface area contributed by atoms with Gasteiger partial charge in [-0.15, -0.1) is 5.10 Å². The van der Waals surface area contributed by atoms with Gasteiger partial charge in [-0.25, -0.2) is 14.3 Å². The van der Waals surface area contributed by atoms with E-state index in [0.29, 0.717) is 17.5 Å². The monoisotopic (exact) mass is 450 g/mol. The van der Waals surface area contributed by atoms with Gasteiger partial charge in [0.05, 0.1) is 6.54 Å². The third kappa shape index (κ3) is 5.33. The first-order valence-electron chi connectivity index (χ1n) is 10.2. The van der Waals surface area contributed by atoms with E-state index in [9.17, 15) is 4.79 Å². The molecular weight excluding hydrogens is 428 g/mol. The van der Waals surface area contributed by atoms with Crippen LogP contribution < -0.4 is 10.1 Å². The highest BCUT2D eigenvalue weighted by molar-refractivity contribution is 6.31. The van der Waals surface area contributed by atoms with Crippen molar-refractivity contribution < 1.29 is 9.53 Å². The predicted molar refractivity (Wildman–Crippen MR) is 122 cm³/mol. The minimum Gasteiger partial charge on any atom is -0.471 e. The average Bonchev–Trinajstić information content (AvgIpc) is 3.44. The molecule has 0 saturated carbocycles. The van der Waals surface area contributed by atoms with Gasteiger partial charge in [-0.3, -0.25) is 10.1 Å². The molecule has 2 heterocycles. The normalized spacial score (nSPS) is 11.0. The minimum absolute atomic E-state index is 0.193. The number of carbonyl (C=O) groups is 1. The molecule has 0 aliphatic rings. The van der Waals surface area contributed by atoms with Crippen molar-refractivity contribution in [2.45, 2.75) is 33.0 Å². The van der Waals surface area contributed by atoms with Crippen LogP contribution in [-0.2, 0) is 13.3 Å². The zero-order valence-corrected chi connectivity index (χ0v) is 18.5. The number of anilines is 1. The van der Waals surface area contributed by atoms with Crippen LogP contribution in [0.3, 0.4) is 0 Å². The summed E-state index contributed by atoms with van der Waals surface area (Å²) >= 11 is 6.18. The van der Waals surface area contributed by atoms with Gasteiger partial charge >= 0.3 is 0 Å². The lowest BCUT2D eigenvalue weighted by Crippen LogP contribution is -2.15. The van der Waals surface area contributed by atoms with E-state index in [1.165, 1.54) is 11.9 Å². The number of ether oxygens (including phenoxy) is 1. The fourth-order valence-corrected chi connectivity index (χ4v) is 3.23. The highest BCUT2D eigenvalue weighted by Gasteiger charge is 2.13. The maximum Gasteiger partial charge on any atom is 0.278 e. The first kappa shape index (κ1) is 21.6. The molecule has 1 amide bonds. The standard InChI is InChI=1S/C23H23ClN6O2/c1-16(2)17-7-9-19(10-8-17)32-15-29-12-11-21(27-29)22(31)26-23-25-14-30(28-23)13-18-5-3-4-6-20(18)24/h3-12,14,16H,13,15H2,1-2H3,(H,26,28,31). The van der Waals surface area contributed by atoms with Crippen LogP contribution in [0.25, 0.3) is 0 Å². The number of hydrogen-bond donors (Lipinski definition) is 1. The molecule has 0 saturated heterocycles. The van der Waals surface area contributed by atoms with E-state index < -0.39 is 5.91 Å². The smallest absolute Gasteiger partial charge is 0.278 e. The Balaban J connectivity index is 1.32. The van der Waals surface area contributed by atoms with E-state index in [2.05, 4.69) is 34.3 Å². The summed E-state index contributed by atoms with van der Waals surface area (Å²) in [5.74, 6) is 0.996. The van der Waals surface area contributed by atoms with Crippen molar-refractivity contribution in [2.24, 2.45) is 0 Å². The fraction of sp³-hybridized carbons (Fsp3) is 0.217. The van der Waals surface area contributed by atoms with Gasteiger partial charge in [-0.2, -0.15) is 5.10 Å². The van der Waals surface area contributed by atoms with Crippen LogP contribution in [0.15, 0.2) is 67.1 Å². The van der Waals surface area contributed by atoms with Gasteiger partial charge in [-0.05, 0) is 41.3 Å². The number of nitrogens with one attached hydrogen (secondary N) is 1. The molecule has 0 unspecified atom stereocenters. The summed E-state index contributed by atoms with van der Waals surface area (Å²) in [4.78, 5) is 16.6. The molecular formula is C23H23ClN6O2. The summed E-state index contributed by atoms with van der Waals surface area (Å²) < 4.78 is 8.89. The van der Waals surface area contributed by atoms with Crippen molar-refractivity contribution in [3.63, 3.8) is 0 Å². The summed E-state index contributed by atoms with van der Waals surface area (Å²) in [6.45, 7) is 4.93. The Hall–Kier alpha value is -3.65. The second-order valence-electron chi connectivity index (χ2n) is 7.55. The number of rotatable bonds is 8. The topological polar surface area (TPSA) is 86.9 Å². The Labute approximate surface area is 190 Å². The van der Waals surface area contributed by atoms with Crippen LogP contribution in [0.1, 0.15) is 41.4 Å². The molecule has 0 aliphatic heterocycles. The molecule has 1 N–H and O–H groups in total. The first-order chi connectivity index (χ1) is 15.5. The summed E-state index contributed by atoms with van der Waals surface area (Å²) in [5, 5.41) is 11.8. The van der Waals surface area contributed by atoms with Gasteiger partial charge in [0.25, 0.3) is 5.91 Å². The third-order valence-electron chi connectivity index (χ3n) is 4.84. The van der Waals surface area contributed by atoms with Crippen LogP contribution in [-0.4, -0.2) is 30.5 Å². The first-order valence-corrected chi connectivity index (χ1v) is 10.6. The van der Waals surface area contributed by atoms with Crippen LogP contribution in [0.4, 0.5) is 5.95 Å². The molecule has 0 fully saturated rings. The predicted octanol–water partition coefficient (Wildman–Crippen LogP) is 4.59. The van der Waals surface area contributed by atoms with Gasteiger partial charge in [0, 0.05) is 11.2 Å². The second-order valence-corrected chi connectivity index (χ2v) is 7.96. The number of carbonyl (C=O) groups excluding carboxylic acids is 1. The Morgan fingerprint density at radius 2 is 1.84 bits per heavy atom. The molecule has 0 spiro atoms. The number of benzene rings is 2.